The van der Waals surface area contributed by atoms with Crippen molar-refractivity contribution >= 4 is 21.6 Å². The monoisotopic (exact) mass is 306 g/mol. The summed E-state index contributed by atoms with van der Waals surface area (Å²) in [4.78, 5) is 0. The highest BCUT2D eigenvalue weighted by atomic mass is 79.9. The molecule has 1 saturated carbocycles. The summed E-state index contributed by atoms with van der Waals surface area (Å²) >= 11 is 3.43. The van der Waals surface area contributed by atoms with Crippen LogP contribution in [0.1, 0.15) is 33.6 Å². The first-order chi connectivity index (χ1) is 8.37. The minimum Gasteiger partial charge on any atom is -0.367 e. The third-order valence-corrected chi connectivity index (χ3v) is 4.40. The van der Waals surface area contributed by atoms with Crippen LogP contribution in [-0.2, 0) is 0 Å². The molecule has 0 saturated heterocycles. The van der Waals surface area contributed by atoms with E-state index in [0.717, 1.165) is 23.0 Å². The molecule has 0 aromatic heterocycles. The fraction of sp³-hybridized carbons (Fsp3) is 0.533. The van der Waals surface area contributed by atoms with E-state index in [1.54, 1.807) is 0 Å². The van der Waals surface area contributed by atoms with Crippen LogP contribution in [0.5, 0.6) is 0 Å². The van der Waals surface area contributed by atoms with E-state index in [0.29, 0.717) is 5.92 Å². The van der Waals surface area contributed by atoms with Crippen LogP contribution in [0.25, 0.3) is 0 Å². The molecule has 1 aromatic rings. The van der Waals surface area contributed by atoms with Crippen LogP contribution in [0.3, 0.4) is 0 Å². The van der Waals surface area contributed by atoms with Crippen molar-refractivity contribution in [1.29, 1.82) is 5.26 Å². The highest BCUT2D eigenvalue weighted by Gasteiger charge is 2.49. The van der Waals surface area contributed by atoms with Gasteiger partial charge in [0.25, 0.3) is 0 Å². The van der Waals surface area contributed by atoms with Gasteiger partial charge in [-0.25, -0.2) is 0 Å². The van der Waals surface area contributed by atoms with E-state index in [1.165, 1.54) is 0 Å². The summed E-state index contributed by atoms with van der Waals surface area (Å²) in [5.74, 6) is 0.362. The molecule has 2 unspecified atom stereocenters. The van der Waals surface area contributed by atoms with Crippen LogP contribution in [-0.4, -0.2) is 5.54 Å². The predicted octanol–water partition coefficient (Wildman–Crippen LogP) is 4.58. The highest BCUT2D eigenvalue weighted by molar-refractivity contribution is 9.10. The Balaban J connectivity index is 2.25. The molecule has 0 heterocycles. The van der Waals surface area contributed by atoms with E-state index >= 15 is 0 Å². The van der Waals surface area contributed by atoms with E-state index in [-0.39, 0.29) is 5.41 Å². The second-order valence-electron chi connectivity index (χ2n) is 6.16. The third kappa shape index (κ3) is 2.54. The van der Waals surface area contributed by atoms with Gasteiger partial charge in [-0.3, -0.25) is 0 Å². The number of hydrogen-bond donors (Lipinski definition) is 1. The smallest absolute Gasteiger partial charge is 0.128 e. The lowest BCUT2D eigenvalue weighted by Crippen LogP contribution is -2.39. The first kappa shape index (κ1) is 13.4. The second kappa shape index (κ2) is 4.59. The summed E-state index contributed by atoms with van der Waals surface area (Å²) < 4.78 is 1.05. The highest BCUT2D eigenvalue weighted by Crippen LogP contribution is 2.48. The Bertz CT molecular complexity index is 472. The number of nitrogens with one attached hydrogen (secondary N) is 1. The molecule has 0 amide bonds. The van der Waals surface area contributed by atoms with Crippen LogP contribution in [0.4, 0.5) is 5.69 Å². The zero-order chi connectivity index (χ0) is 13.4. The first-order valence-corrected chi connectivity index (χ1v) is 7.11. The number of benzene rings is 1. The van der Waals surface area contributed by atoms with E-state index in [9.17, 15) is 5.26 Å². The van der Waals surface area contributed by atoms with Crippen LogP contribution >= 0.6 is 15.9 Å². The number of nitrogens with zero attached hydrogens (tertiary/aromatic N) is 1. The standard InChI is InChI=1S/C15H19BrN2/c1-11-8-14(2,3)9-15(11,10-17)18-13-6-4-12(16)5-7-13/h4-7,11,18H,8-9H2,1-3H3. The average molecular weight is 307 g/mol. The lowest BCUT2D eigenvalue weighted by molar-refractivity contribution is 0.363. The predicted molar refractivity (Wildman–Crippen MR) is 78.3 cm³/mol. The Labute approximate surface area is 118 Å². The Morgan fingerprint density at radius 1 is 1.33 bits per heavy atom. The maximum Gasteiger partial charge on any atom is 0.128 e. The summed E-state index contributed by atoms with van der Waals surface area (Å²) in [6, 6.07) is 10.5. The first-order valence-electron chi connectivity index (χ1n) is 6.32. The molecule has 0 radical (unpaired) electrons. The van der Waals surface area contributed by atoms with Crippen molar-refractivity contribution < 1.29 is 0 Å². The SMILES string of the molecule is CC1CC(C)(C)CC1(C#N)Nc1ccc(Br)cc1. The van der Waals surface area contributed by atoms with Gasteiger partial charge in [0, 0.05) is 10.2 Å². The minimum atomic E-state index is -0.433. The van der Waals surface area contributed by atoms with E-state index in [4.69, 9.17) is 0 Å². The van der Waals surface area contributed by atoms with Crippen LogP contribution in [0.15, 0.2) is 28.7 Å². The Morgan fingerprint density at radius 2 is 1.94 bits per heavy atom. The molecule has 2 rings (SSSR count). The third-order valence-electron chi connectivity index (χ3n) is 3.87. The van der Waals surface area contributed by atoms with Crippen LogP contribution < -0.4 is 5.32 Å². The van der Waals surface area contributed by atoms with Gasteiger partial charge in [-0.2, -0.15) is 5.26 Å². The molecular weight excluding hydrogens is 288 g/mol. The van der Waals surface area contributed by atoms with E-state index in [2.05, 4.69) is 48.1 Å². The van der Waals surface area contributed by atoms with Gasteiger partial charge in [0.15, 0.2) is 0 Å². The Hall–Kier alpha value is -1.01. The lowest BCUT2D eigenvalue weighted by atomic mass is 9.87. The minimum absolute atomic E-state index is 0.234. The summed E-state index contributed by atoms with van der Waals surface area (Å²) in [6.07, 6.45) is 1.98. The molecule has 1 aromatic carbocycles. The number of anilines is 1. The molecule has 3 heteroatoms. The van der Waals surface area contributed by atoms with Gasteiger partial charge in [0.2, 0.25) is 0 Å². The fourth-order valence-corrected chi connectivity index (χ4v) is 3.40. The number of hydrogen-bond acceptors (Lipinski definition) is 2. The molecule has 1 aliphatic rings. The molecule has 0 aliphatic heterocycles. The summed E-state index contributed by atoms with van der Waals surface area (Å²) in [5.41, 5.74) is 0.818. The van der Waals surface area contributed by atoms with Gasteiger partial charge < -0.3 is 5.32 Å². The van der Waals surface area contributed by atoms with Crippen molar-refractivity contribution in [1.82, 2.24) is 0 Å². The Kier molecular flexibility index (Phi) is 3.42. The van der Waals surface area contributed by atoms with Crippen molar-refractivity contribution in [3.8, 4) is 6.07 Å². The maximum absolute atomic E-state index is 9.61. The van der Waals surface area contributed by atoms with E-state index < -0.39 is 5.54 Å². The van der Waals surface area contributed by atoms with Gasteiger partial charge in [-0.15, -0.1) is 0 Å². The zero-order valence-electron chi connectivity index (χ0n) is 11.1. The molecule has 2 atom stereocenters. The van der Waals surface area contributed by atoms with Crippen molar-refractivity contribution in [2.75, 3.05) is 5.32 Å². The topological polar surface area (TPSA) is 35.8 Å². The van der Waals surface area contributed by atoms with Gasteiger partial charge in [0.05, 0.1) is 6.07 Å². The van der Waals surface area contributed by atoms with Crippen molar-refractivity contribution in [3.63, 3.8) is 0 Å². The van der Waals surface area contributed by atoms with Gasteiger partial charge in [-0.1, -0.05) is 36.7 Å². The van der Waals surface area contributed by atoms with Crippen molar-refractivity contribution in [2.45, 2.75) is 39.2 Å². The molecular formula is C15H19BrN2. The van der Waals surface area contributed by atoms with Gasteiger partial charge >= 0.3 is 0 Å². The second-order valence-corrected chi connectivity index (χ2v) is 7.08. The molecule has 18 heavy (non-hydrogen) atoms. The molecule has 1 fully saturated rings. The quantitative estimate of drug-likeness (QED) is 0.868. The summed E-state index contributed by atoms with van der Waals surface area (Å²) in [7, 11) is 0. The fourth-order valence-electron chi connectivity index (χ4n) is 3.14. The number of rotatable bonds is 2. The molecule has 0 bridgehead atoms. The Morgan fingerprint density at radius 3 is 2.39 bits per heavy atom. The molecule has 0 spiro atoms. The van der Waals surface area contributed by atoms with Crippen LogP contribution in [0.2, 0.25) is 0 Å². The molecule has 2 nitrogen and oxygen atoms in total. The zero-order valence-corrected chi connectivity index (χ0v) is 12.7. The number of halogens is 1. The van der Waals surface area contributed by atoms with Crippen molar-refractivity contribution in [2.24, 2.45) is 11.3 Å². The van der Waals surface area contributed by atoms with Crippen molar-refractivity contribution in [3.05, 3.63) is 28.7 Å². The summed E-state index contributed by atoms with van der Waals surface area (Å²) in [5, 5.41) is 13.1. The van der Waals surface area contributed by atoms with E-state index in [1.807, 2.05) is 24.3 Å². The molecule has 1 N–H and O–H groups in total. The lowest BCUT2D eigenvalue weighted by Gasteiger charge is -2.29. The largest absolute Gasteiger partial charge is 0.367 e. The maximum atomic E-state index is 9.61. The van der Waals surface area contributed by atoms with Gasteiger partial charge in [0.1, 0.15) is 5.54 Å². The summed E-state index contributed by atoms with van der Waals surface area (Å²) in [6.45, 7) is 6.65. The normalized spacial score (nSPS) is 29.8. The number of nitriles is 1. The molecule has 1 aliphatic carbocycles. The molecule has 96 valence electrons. The average Bonchev–Trinajstić information content (AvgIpc) is 2.52. The van der Waals surface area contributed by atoms with Crippen LogP contribution in [0, 0.1) is 22.7 Å². The van der Waals surface area contributed by atoms with Gasteiger partial charge in [-0.05, 0) is 48.4 Å².